The van der Waals surface area contributed by atoms with Crippen LogP contribution in [0.2, 0.25) is 0 Å². The van der Waals surface area contributed by atoms with Crippen LogP contribution in [0.5, 0.6) is 11.5 Å². The first-order chi connectivity index (χ1) is 16.3. The first-order valence-electron chi connectivity index (χ1n) is 9.99. The molecule has 1 atom stereocenters. The molecule has 2 aromatic carbocycles. The number of esters is 2. The molecule has 2 heterocycles. The minimum Gasteiger partial charge on any atom is -0.508 e. The number of nitrogens with zero attached hydrogens (tertiary/aromatic N) is 1. The molecule has 3 aromatic rings. The van der Waals surface area contributed by atoms with Crippen molar-refractivity contribution in [3.63, 3.8) is 0 Å². The highest BCUT2D eigenvalue weighted by Gasteiger charge is 2.39. The van der Waals surface area contributed by atoms with E-state index in [-0.39, 0.29) is 37.7 Å². The highest BCUT2D eigenvalue weighted by molar-refractivity contribution is 7.07. The van der Waals surface area contributed by atoms with E-state index in [1.807, 2.05) is 0 Å². The van der Waals surface area contributed by atoms with E-state index < -0.39 is 23.4 Å². The van der Waals surface area contributed by atoms with Crippen LogP contribution < -0.4 is 20.5 Å². The van der Waals surface area contributed by atoms with Crippen molar-refractivity contribution < 1.29 is 29.3 Å². The Hall–Kier alpha value is -4.31. The maximum atomic E-state index is 13.3. The Labute approximate surface area is 196 Å². The van der Waals surface area contributed by atoms with Crippen molar-refractivity contribution in [3.05, 3.63) is 84.8 Å². The third-order valence-corrected chi connectivity index (χ3v) is 6.48. The summed E-state index contributed by atoms with van der Waals surface area (Å²) in [5.74, 6) is -2.66. The molecule has 0 fully saturated rings. The third kappa shape index (κ3) is 3.84. The lowest BCUT2D eigenvalue weighted by atomic mass is 9.83. The third-order valence-electron chi connectivity index (χ3n) is 5.38. The molecule has 0 amide bonds. The fraction of sp³-hybridized carbons (Fsp3) is 0.125. The smallest absolute Gasteiger partial charge is 0.338 e. The maximum Gasteiger partial charge on any atom is 0.338 e. The number of aromatic hydroxyl groups is 2. The SMILES string of the molecule is COC(=O)C1=C(N)n2c(s/c(=C/c3ccc(O)cc3)c2=O)=C(C(=O)OC)[C@H]1c1ccc(O)cc1. The molecular weight excluding hydrogens is 460 g/mol. The number of nitrogens with two attached hydrogens (primary N) is 1. The van der Waals surface area contributed by atoms with Crippen LogP contribution in [0.3, 0.4) is 0 Å². The summed E-state index contributed by atoms with van der Waals surface area (Å²) in [7, 11) is 2.37. The molecule has 4 rings (SSSR count). The average molecular weight is 480 g/mol. The maximum absolute atomic E-state index is 13.3. The summed E-state index contributed by atoms with van der Waals surface area (Å²) in [5.41, 5.74) is 6.86. The van der Waals surface area contributed by atoms with Crippen molar-refractivity contribution >= 4 is 40.7 Å². The molecule has 0 unspecified atom stereocenters. The van der Waals surface area contributed by atoms with Crippen LogP contribution in [0, 0.1) is 0 Å². The van der Waals surface area contributed by atoms with E-state index in [4.69, 9.17) is 15.2 Å². The largest absolute Gasteiger partial charge is 0.508 e. The van der Waals surface area contributed by atoms with Gasteiger partial charge in [0, 0.05) is 0 Å². The van der Waals surface area contributed by atoms with Crippen molar-refractivity contribution in [2.75, 3.05) is 14.2 Å². The summed E-state index contributed by atoms with van der Waals surface area (Å²) < 4.78 is 11.5. The van der Waals surface area contributed by atoms with E-state index in [2.05, 4.69) is 0 Å². The number of hydrogen-bond acceptors (Lipinski definition) is 9. The molecule has 0 aliphatic carbocycles. The molecule has 4 N–H and O–H groups in total. The molecule has 1 aliphatic heterocycles. The average Bonchev–Trinajstić information content (AvgIpc) is 3.15. The van der Waals surface area contributed by atoms with Gasteiger partial charge in [0.05, 0.1) is 35.8 Å². The zero-order valence-corrected chi connectivity index (χ0v) is 19.0. The van der Waals surface area contributed by atoms with Crippen molar-refractivity contribution in [3.8, 4) is 11.5 Å². The molecule has 0 saturated carbocycles. The second-order valence-electron chi connectivity index (χ2n) is 7.37. The lowest BCUT2D eigenvalue weighted by Gasteiger charge is -2.26. The second kappa shape index (κ2) is 8.91. The Morgan fingerprint density at radius 1 is 0.941 bits per heavy atom. The molecular formula is C24H20N2O7S. The van der Waals surface area contributed by atoms with Crippen molar-refractivity contribution in [1.82, 2.24) is 4.57 Å². The molecule has 0 radical (unpaired) electrons. The minimum atomic E-state index is -1.000. The lowest BCUT2D eigenvalue weighted by Crippen LogP contribution is -2.41. The number of ether oxygens (including phenoxy) is 2. The van der Waals surface area contributed by atoms with E-state index in [0.717, 1.165) is 15.9 Å². The van der Waals surface area contributed by atoms with E-state index in [1.165, 1.54) is 38.5 Å². The van der Waals surface area contributed by atoms with Gasteiger partial charge >= 0.3 is 11.9 Å². The molecule has 34 heavy (non-hydrogen) atoms. The summed E-state index contributed by atoms with van der Waals surface area (Å²) in [5, 5.41) is 19.2. The van der Waals surface area contributed by atoms with E-state index in [0.29, 0.717) is 11.1 Å². The summed E-state index contributed by atoms with van der Waals surface area (Å²) in [4.78, 5) is 39.1. The van der Waals surface area contributed by atoms with Gasteiger partial charge in [-0.25, -0.2) is 9.59 Å². The first kappa shape index (κ1) is 22.9. The number of fused-ring (bicyclic) bond motifs is 1. The van der Waals surface area contributed by atoms with Gasteiger partial charge in [-0.15, -0.1) is 11.3 Å². The molecule has 1 aromatic heterocycles. The van der Waals surface area contributed by atoms with Gasteiger partial charge in [-0.05, 0) is 41.5 Å². The van der Waals surface area contributed by atoms with Gasteiger partial charge in [-0.3, -0.25) is 9.36 Å². The van der Waals surface area contributed by atoms with E-state index >= 15 is 0 Å². The van der Waals surface area contributed by atoms with Crippen molar-refractivity contribution in [2.24, 2.45) is 5.73 Å². The number of hydrogen-bond donors (Lipinski definition) is 3. The predicted molar refractivity (Wildman–Crippen MR) is 125 cm³/mol. The highest BCUT2D eigenvalue weighted by Crippen LogP contribution is 2.38. The quantitative estimate of drug-likeness (QED) is 0.461. The first-order valence-corrected chi connectivity index (χ1v) is 10.8. The molecule has 10 heteroatoms. The molecule has 0 bridgehead atoms. The van der Waals surface area contributed by atoms with Gasteiger partial charge in [0.15, 0.2) is 0 Å². The van der Waals surface area contributed by atoms with Gasteiger partial charge in [-0.2, -0.15) is 0 Å². The summed E-state index contributed by atoms with van der Waals surface area (Å²) in [6.07, 6.45) is 1.59. The molecule has 0 saturated heterocycles. The van der Waals surface area contributed by atoms with Crippen molar-refractivity contribution in [1.29, 1.82) is 0 Å². The Morgan fingerprint density at radius 3 is 2.03 bits per heavy atom. The van der Waals surface area contributed by atoms with E-state index in [1.54, 1.807) is 30.3 Å². The number of phenolic OH excluding ortho intramolecular Hbond substituents is 2. The topological polar surface area (TPSA) is 141 Å². The number of rotatable bonds is 4. The van der Waals surface area contributed by atoms with E-state index in [9.17, 15) is 24.6 Å². The summed E-state index contributed by atoms with van der Waals surface area (Å²) in [6.45, 7) is 0. The van der Waals surface area contributed by atoms with Gasteiger partial charge < -0.3 is 25.4 Å². The Bertz CT molecular complexity index is 1500. The molecule has 0 spiro atoms. The zero-order chi connectivity index (χ0) is 24.6. The minimum absolute atomic E-state index is 0.00503. The second-order valence-corrected chi connectivity index (χ2v) is 8.40. The lowest BCUT2D eigenvalue weighted by molar-refractivity contribution is -0.136. The molecule has 174 valence electrons. The Morgan fingerprint density at radius 2 is 1.47 bits per heavy atom. The standard InChI is InChI=1S/C24H20N2O7S/c1-32-23(30)18-17(13-5-9-15(28)10-6-13)19(24(31)33-2)22-26(20(18)25)21(29)16(34-22)11-12-3-7-14(27)8-4-12/h3-11,17,27-28H,25H2,1-2H3/b16-11+/t17-/m0/s1. The fourth-order valence-corrected chi connectivity index (χ4v) is 4.95. The van der Waals surface area contributed by atoms with Crippen LogP contribution in [0.15, 0.2) is 58.9 Å². The number of aromatic nitrogens is 1. The van der Waals surface area contributed by atoms with Crippen LogP contribution in [0.25, 0.3) is 17.5 Å². The number of carbonyl (C=O) groups excluding carboxylic acids is 2. The number of phenols is 2. The molecule has 1 aliphatic rings. The fourth-order valence-electron chi connectivity index (χ4n) is 3.79. The Balaban J connectivity index is 2.11. The Kier molecular flexibility index (Phi) is 5.99. The number of thiazole rings is 1. The van der Waals surface area contributed by atoms with Crippen LogP contribution in [0.4, 0.5) is 0 Å². The summed E-state index contributed by atoms with van der Waals surface area (Å²) in [6, 6.07) is 12.1. The van der Waals surface area contributed by atoms with Crippen LogP contribution in [-0.4, -0.2) is 40.9 Å². The van der Waals surface area contributed by atoms with Crippen molar-refractivity contribution in [2.45, 2.75) is 5.92 Å². The summed E-state index contributed by atoms with van der Waals surface area (Å²) >= 11 is 1.02. The highest BCUT2D eigenvalue weighted by atomic mass is 32.1. The normalized spacial score (nSPS) is 15.8. The van der Waals surface area contributed by atoms with Crippen LogP contribution in [0.1, 0.15) is 17.0 Å². The van der Waals surface area contributed by atoms with Gasteiger partial charge in [0.2, 0.25) is 0 Å². The van der Waals surface area contributed by atoms with Crippen LogP contribution >= 0.6 is 11.3 Å². The number of methoxy groups -OCH3 is 2. The number of benzene rings is 2. The van der Waals surface area contributed by atoms with Gasteiger partial charge in [-0.1, -0.05) is 24.3 Å². The van der Waals surface area contributed by atoms with Gasteiger partial charge in [0.1, 0.15) is 22.0 Å². The monoisotopic (exact) mass is 480 g/mol. The molecule has 9 nitrogen and oxygen atoms in total. The van der Waals surface area contributed by atoms with Crippen LogP contribution in [-0.2, 0) is 19.1 Å². The number of carbonyl (C=O) groups is 2. The zero-order valence-electron chi connectivity index (χ0n) is 18.1. The predicted octanol–water partition coefficient (Wildman–Crippen LogP) is 0.571. The van der Waals surface area contributed by atoms with Gasteiger partial charge in [0.25, 0.3) is 5.56 Å².